The van der Waals surface area contributed by atoms with Crippen molar-refractivity contribution in [3.63, 3.8) is 0 Å². The second-order valence-corrected chi connectivity index (χ2v) is 23.6. The largest absolute Gasteiger partial charge is 0.489 e. The first-order valence-electron chi connectivity index (χ1n) is 25.6. The van der Waals surface area contributed by atoms with Crippen molar-refractivity contribution in [2.45, 2.75) is 114 Å². The molecule has 0 bridgehead atoms. The number of hydrogen-bond donors (Lipinski definition) is 4. The van der Waals surface area contributed by atoms with Crippen molar-refractivity contribution < 1.29 is 41.9 Å². The number of ether oxygens (including phenoxy) is 2. The average Bonchev–Trinajstić information content (AvgIpc) is 3.73. The van der Waals surface area contributed by atoms with Crippen molar-refractivity contribution in [2.75, 3.05) is 56.1 Å². The van der Waals surface area contributed by atoms with Gasteiger partial charge in [0.1, 0.15) is 29.6 Å². The standard InChI is InChI=1S/C54H65FN8O9S/c1-32(2)38-8-6-7-9-39(38)42-28-61(52(65)33(3)4)19-14-45(42)62-30-54(31-62)17-20-60(21-18-54)35-10-11-40(47(22-35)72-36-23-41-43(55)27-57-50(41)56-26-36)51(64)59-73(69,70)37-24-46(63(67)68)49-48(25-37)71-29-44(58-49)34-12-15-53(5,66)16-13-34/h6-11,22-27,32-34,42,44-45,58,66H,12-21,28-31H2,1-5H3,(H,56,57)(H,59,64)/t34-,42-,44-,45-,53-/m1/s1. The highest BCUT2D eigenvalue weighted by molar-refractivity contribution is 7.90. The number of benzene rings is 3. The van der Waals surface area contributed by atoms with Gasteiger partial charge in [0.25, 0.3) is 21.6 Å². The number of H-pyrrole nitrogens is 1. The number of likely N-dealkylation sites (tertiary alicyclic amines) is 2. The zero-order valence-corrected chi connectivity index (χ0v) is 42.8. The molecule has 17 nitrogen and oxygen atoms in total. The second kappa shape index (κ2) is 19.5. The van der Waals surface area contributed by atoms with Crippen LogP contribution in [-0.2, 0) is 14.8 Å². The number of amides is 2. The molecule has 3 saturated heterocycles. The van der Waals surface area contributed by atoms with Gasteiger partial charge in [-0.1, -0.05) is 52.0 Å². The first-order chi connectivity index (χ1) is 34.8. The third-order valence-corrected chi connectivity index (χ3v) is 17.6. The third-order valence-electron chi connectivity index (χ3n) is 16.2. The van der Waals surface area contributed by atoms with Crippen LogP contribution in [0.4, 0.5) is 21.5 Å². The lowest BCUT2D eigenvalue weighted by molar-refractivity contribution is -0.384. The molecule has 5 aliphatic rings. The van der Waals surface area contributed by atoms with Gasteiger partial charge in [0.05, 0.1) is 38.6 Å². The summed E-state index contributed by atoms with van der Waals surface area (Å²) in [6, 6.07) is 17.1. The van der Waals surface area contributed by atoms with Gasteiger partial charge in [-0.25, -0.2) is 22.5 Å². The van der Waals surface area contributed by atoms with E-state index in [2.05, 4.69) is 72.8 Å². The molecule has 0 unspecified atom stereocenters. The van der Waals surface area contributed by atoms with Gasteiger partial charge >= 0.3 is 0 Å². The van der Waals surface area contributed by atoms with Gasteiger partial charge in [-0.3, -0.25) is 24.6 Å². The molecule has 2 aromatic heterocycles. The molecular weight excluding hydrogens is 956 g/mol. The van der Waals surface area contributed by atoms with Crippen LogP contribution in [0.2, 0.25) is 0 Å². The Hall–Kier alpha value is -6.31. The highest BCUT2D eigenvalue weighted by Gasteiger charge is 2.50. The summed E-state index contributed by atoms with van der Waals surface area (Å²) in [4.78, 5) is 52.6. The molecule has 4 fully saturated rings. The van der Waals surface area contributed by atoms with E-state index in [0.29, 0.717) is 62.9 Å². The molecule has 0 radical (unpaired) electrons. The van der Waals surface area contributed by atoms with Gasteiger partial charge in [0.2, 0.25) is 5.91 Å². The average molecular weight is 1020 g/mol. The maximum absolute atomic E-state index is 14.7. The molecule has 3 aromatic carbocycles. The van der Waals surface area contributed by atoms with Crippen molar-refractivity contribution in [3.8, 4) is 17.2 Å². The van der Waals surface area contributed by atoms with Crippen molar-refractivity contribution in [1.82, 2.24) is 24.5 Å². The monoisotopic (exact) mass is 1020 g/mol. The predicted octanol–water partition coefficient (Wildman–Crippen LogP) is 8.70. The number of nitrogens with zero attached hydrogens (tertiary/aromatic N) is 5. The number of piperidine rings is 2. The zero-order chi connectivity index (χ0) is 51.6. The number of aromatic amines is 1. The Morgan fingerprint density at radius 2 is 1.74 bits per heavy atom. The van der Waals surface area contributed by atoms with Crippen LogP contribution in [0, 0.1) is 33.2 Å². The molecule has 73 heavy (non-hydrogen) atoms. The van der Waals surface area contributed by atoms with E-state index in [4.69, 9.17) is 9.47 Å². The molecule has 388 valence electrons. The first kappa shape index (κ1) is 50.2. The normalized spacial score (nSPS) is 24.2. The number of carbonyl (C=O) groups excluding carboxylic acids is 2. The zero-order valence-electron chi connectivity index (χ0n) is 42.0. The first-order valence-corrected chi connectivity index (χ1v) is 27.1. The fourth-order valence-corrected chi connectivity index (χ4v) is 13.0. The van der Waals surface area contributed by atoms with Crippen molar-refractivity contribution in [3.05, 3.63) is 106 Å². The SMILES string of the molecule is CC(C)C(=O)N1CC[C@@H](N2CC3(CCN(c4ccc(C(=O)NS(=O)(=O)c5cc6c(c([N+](=O)[O-])c5)N[C@@H]([C@H]5CC[C@](C)(O)CC5)CO6)c(Oc5cnc6[nH]cc(F)c6c5)c4)CC3)C2)[C@@H](c2ccccc2C(C)C)C1. The Morgan fingerprint density at radius 3 is 2.45 bits per heavy atom. The number of rotatable bonds is 12. The highest BCUT2D eigenvalue weighted by Crippen LogP contribution is 2.48. The predicted molar refractivity (Wildman–Crippen MR) is 274 cm³/mol. The van der Waals surface area contributed by atoms with Crippen molar-refractivity contribution in [2.24, 2.45) is 17.3 Å². The summed E-state index contributed by atoms with van der Waals surface area (Å²) in [5.74, 6) is -0.785. The molecule has 1 spiro atoms. The number of fused-ring (bicyclic) bond motifs is 2. The molecule has 3 atom stereocenters. The fraction of sp³-hybridized carbons (Fsp3) is 0.500. The van der Waals surface area contributed by atoms with Crippen LogP contribution in [0.1, 0.15) is 113 Å². The van der Waals surface area contributed by atoms with E-state index in [1.54, 1.807) is 19.1 Å². The smallest absolute Gasteiger partial charge is 0.297 e. The van der Waals surface area contributed by atoms with Gasteiger partial charge in [-0.05, 0) is 98.4 Å². The molecule has 19 heteroatoms. The Kier molecular flexibility index (Phi) is 13.4. The molecule has 1 saturated carbocycles. The lowest BCUT2D eigenvalue weighted by Gasteiger charge is -2.59. The lowest BCUT2D eigenvalue weighted by atomic mass is 9.69. The molecule has 4 N–H and O–H groups in total. The maximum Gasteiger partial charge on any atom is 0.297 e. The minimum absolute atomic E-state index is 0.00775. The molecule has 6 heterocycles. The van der Waals surface area contributed by atoms with Crippen LogP contribution in [-0.4, -0.2) is 114 Å². The Labute approximate surface area is 425 Å². The van der Waals surface area contributed by atoms with Gasteiger partial charge in [0.15, 0.2) is 11.4 Å². The number of carbonyl (C=O) groups is 2. The third kappa shape index (κ3) is 10.1. The van der Waals surface area contributed by atoms with Crippen LogP contribution in [0.25, 0.3) is 11.0 Å². The number of aliphatic hydroxyl groups is 1. The quantitative estimate of drug-likeness (QED) is 0.0681. The molecule has 4 aliphatic heterocycles. The van der Waals surface area contributed by atoms with E-state index >= 15 is 0 Å². The van der Waals surface area contributed by atoms with E-state index in [1.165, 1.54) is 35.7 Å². The number of pyridine rings is 1. The van der Waals surface area contributed by atoms with Gasteiger partial charge < -0.3 is 34.7 Å². The number of aromatic nitrogens is 2. The molecule has 1 aliphatic carbocycles. The maximum atomic E-state index is 14.7. The minimum atomic E-state index is -4.74. The van der Waals surface area contributed by atoms with Gasteiger partial charge in [-0.15, -0.1) is 0 Å². The van der Waals surface area contributed by atoms with Gasteiger partial charge in [0, 0.05) is 87.2 Å². The van der Waals surface area contributed by atoms with Crippen LogP contribution >= 0.6 is 0 Å². The van der Waals surface area contributed by atoms with Crippen molar-refractivity contribution >= 4 is 49.9 Å². The van der Waals surface area contributed by atoms with E-state index in [1.807, 2.05) is 13.8 Å². The molecule has 2 amide bonds. The van der Waals surface area contributed by atoms with Crippen LogP contribution in [0.3, 0.4) is 0 Å². The number of nitrogens with one attached hydrogen (secondary N) is 3. The number of sulfonamides is 1. The molecular formula is C54H65FN8O9S. The minimum Gasteiger partial charge on any atom is -0.489 e. The number of halogens is 1. The van der Waals surface area contributed by atoms with Crippen molar-refractivity contribution in [1.29, 1.82) is 0 Å². The van der Waals surface area contributed by atoms with Crippen LogP contribution in [0.5, 0.6) is 17.2 Å². The number of nitro benzene ring substituents is 1. The van der Waals surface area contributed by atoms with E-state index in [9.17, 15) is 37.6 Å². The van der Waals surface area contributed by atoms with E-state index in [0.717, 1.165) is 56.7 Å². The summed E-state index contributed by atoms with van der Waals surface area (Å²) in [7, 11) is -4.74. The lowest BCUT2D eigenvalue weighted by Crippen LogP contribution is -2.65. The molecule has 5 aromatic rings. The summed E-state index contributed by atoms with van der Waals surface area (Å²) in [6.45, 7) is 15.1. The summed E-state index contributed by atoms with van der Waals surface area (Å²) < 4.78 is 57.1. The number of hydrogen-bond acceptors (Lipinski definition) is 13. The fourth-order valence-electron chi connectivity index (χ4n) is 12.0. The topological polar surface area (TPSA) is 213 Å². The summed E-state index contributed by atoms with van der Waals surface area (Å²) in [5.41, 5.74) is 2.40. The summed E-state index contributed by atoms with van der Waals surface area (Å²) in [6.07, 6.45) is 7.83. The van der Waals surface area contributed by atoms with Gasteiger partial charge in [-0.2, -0.15) is 0 Å². The van der Waals surface area contributed by atoms with E-state index in [-0.39, 0.29) is 75.6 Å². The van der Waals surface area contributed by atoms with E-state index < -0.39 is 42.9 Å². The second-order valence-electron chi connectivity index (χ2n) is 22.0. The Morgan fingerprint density at radius 1 is 1.00 bits per heavy atom. The molecule has 10 rings (SSSR count). The summed E-state index contributed by atoms with van der Waals surface area (Å²) >= 11 is 0. The number of nitro groups is 1. The summed E-state index contributed by atoms with van der Waals surface area (Å²) in [5, 5.41) is 26.3. The Bertz CT molecular complexity index is 3050. The number of anilines is 2. The Balaban J connectivity index is 0.863. The van der Waals surface area contributed by atoms with Crippen LogP contribution < -0.4 is 24.4 Å². The highest BCUT2D eigenvalue weighted by atomic mass is 32.2. The van der Waals surface area contributed by atoms with Crippen LogP contribution in [0.15, 0.2) is 78.0 Å².